The topological polar surface area (TPSA) is 100 Å². The molecule has 3 aromatic heterocycles. The Morgan fingerprint density at radius 2 is 2.00 bits per heavy atom. The van der Waals surface area contributed by atoms with Crippen LogP contribution >= 0.6 is 0 Å². The van der Waals surface area contributed by atoms with Crippen LogP contribution in [0.5, 0.6) is 0 Å². The maximum absolute atomic E-state index is 13.5. The van der Waals surface area contributed by atoms with Gasteiger partial charge in [0, 0.05) is 36.6 Å². The summed E-state index contributed by atoms with van der Waals surface area (Å²) in [6.45, 7) is 0.261. The van der Waals surface area contributed by atoms with Gasteiger partial charge in [0.2, 0.25) is 0 Å². The summed E-state index contributed by atoms with van der Waals surface area (Å²) in [6, 6.07) is 2.08. The molecule has 1 aliphatic rings. The molecule has 0 spiro atoms. The van der Waals surface area contributed by atoms with Gasteiger partial charge in [-0.15, -0.1) is 0 Å². The van der Waals surface area contributed by atoms with Gasteiger partial charge in [0.05, 0.1) is 24.1 Å². The zero-order valence-electron chi connectivity index (χ0n) is 14.1. The molecular formula is C17H13F3N4O4. The Bertz CT molecular complexity index is 1050. The van der Waals surface area contributed by atoms with Gasteiger partial charge < -0.3 is 24.1 Å². The van der Waals surface area contributed by atoms with Gasteiger partial charge in [0.15, 0.2) is 0 Å². The van der Waals surface area contributed by atoms with Crippen molar-refractivity contribution in [1.29, 1.82) is 0 Å². The lowest BCUT2D eigenvalue weighted by Gasteiger charge is -2.38. The number of furan rings is 1. The van der Waals surface area contributed by atoms with Crippen molar-refractivity contribution >= 4 is 17.6 Å². The molecule has 1 fully saturated rings. The highest BCUT2D eigenvalue weighted by atomic mass is 19.4. The van der Waals surface area contributed by atoms with E-state index in [2.05, 4.69) is 10.3 Å². The van der Waals surface area contributed by atoms with Crippen LogP contribution in [0, 0.1) is 0 Å². The molecule has 2 amide bonds. The van der Waals surface area contributed by atoms with Crippen LogP contribution in [0.2, 0.25) is 0 Å². The normalized spacial score (nSPS) is 14.9. The number of amides is 2. The van der Waals surface area contributed by atoms with Crippen molar-refractivity contribution in [3.8, 4) is 11.1 Å². The molecule has 4 heterocycles. The molecule has 1 saturated heterocycles. The molecule has 11 heteroatoms. The summed E-state index contributed by atoms with van der Waals surface area (Å²) in [6.07, 6.45) is -0.536. The first-order valence-corrected chi connectivity index (χ1v) is 8.13. The van der Waals surface area contributed by atoms with Gasteiger partial charge in [0.25, 0.3) is 5.91 Å². The Hall–Kier alpha value is -3.50. The van der Waals surface area contributed by atoms with E-state index in [1.54, 1.807) is 0 Å². The first-order chi connectivity index (χ1) is 13.2. The summed E-state index contributed by atoms with van der Waals surface area (Å²) in [5.41, 5.74) is -0.786. The average molecular weight is 394 g/mol. The number of nitrogens with zero attached hydrogens (tertiary/aromatic N) is 3. The van der Waals surface area contributed by atoms with Crippen LogP contribution in [0.15, 0.2) is 41.5 Å². The Morgan fingerprint density at radius 3 is 2.61 bits per heavy atom. The standard InChI is InChI=1S/C17H13F3N4O4/c18-17(19,20)12-3-10(9-1-2-28-8-9)4-23-7-13(22-14(12)23)15(25)24-5-11(6-24)21-16(26)27/h1-4,7-8,11,21H,5-6H2,(H,26,27). The van der Waals surface area contributed by atoms with E-state index in [9.17, 15) is 22.8 Å². The second-order valence-electron chi connectivity index (χ2n) is 6.37. The Labute approximate surface area is 155 Å². The van der Waals surface area contributed by atoms with Crippen LogP contribution in [0.25, 0.3) is 16.8 Å². The van der Waals surface area contributed by atoms with E-state index in [0.29, 0.717) is 5.56 Å². The fraction of sp³-hybridized carbons (Fsp3) is 0.235. The molecule has 1 aliphatic heterocycles. The van der Waals surface area contributed by atoms with Gasteiger partial charge in [-0.25, -0.2) is 9.78 Å². The van der Waals surface area contributed by atoms with Crippen molar-refractivity contribution in [2.24, 2.45) is 0 Å². The van der Waals surface area contributed by atoms with Gasteiger partial charge in [-0.05, 0) is 12.1 Å². The fourth-order valence-corrected chi connectivity index (χ4v) is 3.07. The number of nitrogens with one attached hydrogen (secondary N) is 1. The summed E-state index contributed by atoms with van der Waals surface area (Å²) in [4.78, 5) is 28.3. The minimum absolute atomic E-state index is 0.130. The minimum Gasteiger partial charge on any atom is -0.472 e. The molecule has 28 heavy (non-hydrogen) atoms. The number of hydrogen-bond donors (Lipinski definition) is 2. The summed E-state index contributed by atoms with van der Waals surface area (Å²) in [5, 5.41) is 10.9. The highest BCUT2D eigenvalue weighted by molar-refractivity contribution is 5.94. The van der Waals surface area contributed by atoms with Crippen LogP contribution in [-0.2, 0) is 6.18 Å². The monoisotopic (exact) mass is 394 g/mol. The Kier molecular flexibility index (Phi) is 4.02. The summed E-state index contributed by atoms with van der Waals surface area (Å²) in [5.74, 6) is -0.565. The molecule has 0 aromatic carbocycles. The highest BCUT2D eigenvalue weighted by Gasteiger charge is 2.37. The lowest BCUT2D eigenvalue weighted by atomic mass is 10.1. The number of hydrogen-bond acceptors (Lipinski definition) is 4. The van der Waals surface area contributed by atoms with E-state index in [0.717, 1.165) is 10.5 Å². The van der Waals surface area contributed by atoms with Crippen molar-refractivity contribution < 1.29 is 32.3 Å². The molecule has 2 N–H and O–H groups in total. The lowest BCUT2D eigenvalue weighted by Crippen LogP contribution is -2.60. The van der Waals surface area contributed by atoms with Gasteiger partial charge in [0.1, 0.15) is 11.3 Å². The number of carbonyl (C=O) groups is 2. The number of fused-ring (bicyclic) bond motifs is 1. The smallest absolute Gasteiger partial charge is 0.420 e. The predicted molar refractivity (Wildman–Crippen MR) is 88.7 cm³/mol. The molecule has 8 nitrogen and oxygen atoms in total. The number of aromatic nitrogens is 2. The molecular weight excluding hydrogens is 381 g/mol. The number of carboxylic acid groups (broad SMARTS) is 1. The van der Waals surface area contributed by atoms with Crippen molar-refractivity contribution in [2.45, 2.75) is 12.2 Å². The van der Waals surface area contributed by atoms with E-state index in [1.165, 1.54) is 35.9 Å². The highest BCUT2D eigenvalue weighted by Crippen LogP contribution is 2.35. The largest absolute Gasteiger partial charge is 0.472 e. The predicted octanol–water partition coefficient (Wildman–Crippen LogP) is 2.71. The molecule has 4 rings (SSSR count). The number of pyridine rings is 1. The van der Waals surface area contributed by atoms with Crippen molar-refractivity contribution in [1.82, 2.24) is 19.6 Å². The molecule has 3 aromatic rings. The van der Waals surface area contributed by atoms with Gasteiger partial charge in [-0.1, -0.05) is 0 Å². The molecule has 0 bridgehead atoms. The molecule has 0 radical (unpaired) electrons. The van der Waals surface area contributed by atoms with Crippen LogP contribution in [0.3, 0.4) is 0 Å². The molecule has 0 aliphatic carbocycles. The number of likely N-dealkylation sites (tertiary alicyclic amines) is 1. The van der Waals surface area contributed by atoms with Crippen LogP contribution in [0.4, 0.5) is 18.0 Å². The van der Waals surface area contributed by atoms with Crippen LogP contribution in [-0.4, -0.2) is 50.5 Å². The van der Waals surface area contributed by atoms with E-state index in [1.807, 2.05) is 0 Å². The number of halogens is 3. The third kappa shape index (κ3) is 3.15. The quantitative estimate of drug-likeness (QED) is 0.712. The third-order valence-corrected chi connectivity index (χ3v) is 4.43. The van der Waals surface area contributed by atoms with Crippen molar-refractivity contribution in [3.63, 3.8) is 0 Å². The maximum Gasteiger partial charge on any atom is 0.420 e. The summed E-state index contributed by atoms with van der Waals surface area (Å²) < 4.78 is 46.7. The summed E-state index contributed by atoms with van der Waals surface area (Å²) in [7, 11) is 0. The van der Waals surface area contributed by atoms with E-state index in [-0.39, 0.29) is 30.0 Å². The number of alkyl halides is 3. The molecule has 0 saturated carbocycles. The van der Waals surface area contributed by atoms with Gasteiger partial charge in [-0.3, -0.25) is 4.79 Å². The molecule has 146 valence electrons. The zero-order chi connectivity index (χ0) is 20.1. The number of rotatable bonds is 3. The first-order valence-electron chi connectivity index (χ1n) is 8.13. The van der Waals surface area contributed by atoms with Crippen LogP contribution in [0.1, 0.15) is 16.1 Å². The molecule has 0 atom stereocenters. The zero-order valence-corrected chi connectivity index (χ0v) is 14.1. The van der Waals surface area contributed by atoms with E-state index < -0.39 is 29.8 Å². The third-order valence-electron chi connectivity index (χ3n) is 4.43. The maximum atomic E-state index is 13.5. The SMILES string of the molecule is O=C(O)NC1CN(C(=O)c2cn3cc(-c4ccoc4)cc(C(F)(F)F)c3n2)C1. The van der Waals surface area contributed by atoms with Crippen LogP contribution < -0.4 is 5.32 Å². The molecule has 0 unspecified atom stereocenters. The van der Waals surface area contributed by atoms with E-state index >= 15 is 0 Å². The van der Waals surface area contributed by atoms with E-state index in [4.69, 9.17) is 9.52 Å². The average Bonchev–Trinajstić information content (AvgIpc) is 3.23. The minimum atomic E-state index is -4.67. The number of carbonyl (C=O) groups excluding carboxylic acids is 1. The number of imidazole rings is 1. The van der Waals surface area contributed by atoms with Gasteiger partial charge in [-0.2, -0.15) is 13.2 Å². The fourth-order valence-electron chi connectivity index (χ4n) is 3.07. The Balaban J connectivity index is 1.68. The van der Waals surface area contributed by atoms with Gasteiger partial charge >= 0.3 is 12.3 Å². The van der Waals surface area contributed by atoms with Crippen molar-refractivity contribution in [3.05, 3.63) is 48.3 Å². The second kappa shape index (κ2) is 6.29. The second-order valence-corrected chi connectivity index (χ2v) is 6.37. The lowest BCUT2D eigenvalue weighted by molar-refractivity contribution is -0.136. The Morgan fingerprint density at radius 1 is 1.25 bits per heavy atom. The summed E-state index contributed by atoms with van der Waals surface area (Å²) >= 11 is 0. The first kappa shape index (κ1) is 17.9. The van der Waals surface area contributed by atoms with Crippen molar-refractivity contribution in [2.75, 3.05) is 13.1 Å².